The minimum Gasteiger partial charge on any atom is -0.496 e. The Morgan fingerprint density at radius 3 is 2.71 bits per heavy atom. The van der Waals surface area contributed by atoms with E-state index in [0.717, 1.165) is 47.0 Å². The topological polar surface area (TPSA) is 27.1 Å². The molecular weight excluding hydrogens is 320 g/mol. The molecule has 0 saturated heterocycles. The Bertz CT molecular complexity index is 826. The lowest BCUT2D eigenvalue weighted by molar-refractivity contribution is 0.408. The van der Waals surface area contributed by atoms with Gasteiger partial charge in [-0.25, -0.2) is 4.98 Å². The molecule has 0 N–H and O–H groups in total. The van der Waals surface area contributed by atoms with E-state index < -0.39 is 0 Å². The first-order valence-electron chi connectivity index (χ1n) is 8.14. The number of benzene rings is 2. The van der Waals surface area contributed by atoms with Gasteiger partial charge in [0, 0.05) is 21.8 Å². The van der Waals surface area contributed by atoms with Gasteiger partial charge in [0.2, 0.25) is 0 Å². The zero-order valence-corrected chi connectivity index (χ0v) is 14.8. The maximum absolute atomic E-state index is 6.15. The molecule has 24 heavy (non-hydrogen) atoms. The van der Waals surface area contributed by atoms with Crippen molar-refractivity contribution in [3.63, 3.8) is 0 Å². The maximum atomic E-state index is 6.15. The number of hydrogen-bond donors (Lipinski definition) is 0. The summed E-state index contributed by atoms with van der Waals surface area (Å²) >= 11 is 6.15. The van der Waals surface area contributed by atoms with Crippen LogP contribution in [-0.4, -0.2) is 16.7 Å². The molecule has 0 aliphatic carbocycles. The van der Waals surface area contributed by atoms with E-state index in [-0.39, 0.29) is 0 Å². The van der Waals surface area contributed by atoms with Crippen LogP contribution < -0.4 is 4.74 Å². The first-order valence-corrected chi connectivity index (χ1v) is 8.52. The molecule has 0 unspecified atom stereocenters. The zero-order chi connectivity index (χ0) is 16.9. The molecule has 0 spiro atoms. The van der Waals surface area contributed by atoms with Crippen LogP contribution in [0, 0.1) is 0 Å². The molecular formula is C20H21ClN2O. The standard InChI is InChI=1S/C20H21ClN2O/c1-3-7-18-20(15-9-6-10-17(21)12-15)22-14-23(18)13-16-8-4-5-11-19(16)24-2/h4-6,8-12,14H,3,7,13H2,1-2H3. The molecule has 0 saturated carbocycles. The molecule has 3 rings (SSSR count). The van der Waals surface area contributed by atoms with E-state index in [1.54, 1.807) is 7.11 Å². The predicted molar refractivity (Wildman–Crippen MR) is 98.8 cm³/mol. The van der Waals surface area contributed by atoms with Crippen LogP contribution in [0.15, 0.2) is 54.9 Å². The van der Waals surface area contributed by atoms with Gasteiger partial charge in [-0.15, -0.1) is 0 Å². The Hall–Kier alpha value is -2.26. The lowest BCUT2D eigenvalue weighted by Gasteiger charge is -2.12. The van der Waals surface area contributed by atoms with Crippen molar-refractivity contribution in [2.24, 2.45) is 0 Å². The number of para-hydroxylation sites is 1. The summed E-state index contributed by atoms with van der Waals surface area (Å²) in [6.45, 7) is 2.93. The van der Waals surface area contributed by atoms with E-state index in [9.17, 15) is 0 Å². The summed E-state index contributed by atoms with van der Waals surface area (Å²) in [5.41, 5.74) is 4.44. The molecule has 3 nitrogen and oxygen atoms in total. The van der Waals surface area contributed by atoms with E-state index >= 15 is 0 Å². The Morgan fingerprint density at radius 1 is 1.12 bits per heavy atom. The molecule has 0 amide bonds. The van der Waals surface area contributed by atoms with Crippen LogP contribution in [0.4, 0.5) is 0 Å². The Labute approximate surface area is 147 Å². The van der Waals surface area contributed by atoms with E-state index in [0.29, 0.717) is 0 Å². The highest BCUT2D eigenvalue weighted by molar-refractivity contribution is 6.30. The average molecular weight is 341 g/mol. The summed E-state index contributed by atoms with van der Waals surface area (Å²) in [7, 11) is 1.71. The van der Waals surface area contributed by atoms with E-state index in [1.165, 1.54) is 5.69 Å². The zero-order valence-electron chi connectivity index (χ0n) is 14.0. The lowest BCUT2D eigenvalue weighted by Crippen LogP contribution is -2.05. The van der Waals surface area contributed by atoms with Gasteiger partial charge in [-0.2, -0.15) is 0 Å². The minimum absolute atomic E-state index is 0.731. The maximum Gasteiger partial charge on any atom is 0.123 e. The van der Waals surface area contributed by atoms with Crippen LogP contribution in [0.1, 0.15) is 24.6 Å². The molecule has 1 heterocycles. The van der Waals surface area contributed by atoms with Crippen LogP contribution >= 0.6 is 11.6 Å². The van der Waals surface area contributed by atoms with Crippen LogP contribution in [0.25, 0.3) is 11.3 Å². The van der Waals surface area contributed by atoms with E-state index in [2.05, 4.69) is 28.6 Å². The SMILES string of the molecule is CCCc1c(-c2cccc(Cl)c2)ncn1Cc1ccccc1OC. The number of imidazole rings is 1. The fraction of sp³-hybridized carbons (Fsp3) is 0.250. The fourth-order valence-electron chi connectivity index (χ4n) is 2.94. The molecule has 0 aliphatic rings. The number of aromatic nitrogens is 2. The highest BCUT2D eigenvalue weighted by Gasteiger charge is 2.14. The Morgan fingerprint density at radius 2 is 1.96 bits per heavy atom. The third kappa shape index (κ3) is 3.46. The van der Waals surface area contributed by atoms with Gasteiger partial charge < -0.3 is 9.30 Å². The van der Waals surface area contributed by atoms with Crippen LogP contribution in [0.2, 0.25) is 5.02 Å². The van der Waals surface area contributed by atoms with E-state index in [4.69, 9.17) is 16.3 Å². The highest BCUT2D eigenvalue weighted by atomic mass is 35.5. The quantitative estimate of drug-likeness (QED) is 0.615. The van der Waals surface area contributed by atoms with Crippen molar-refractivity contribution < 1.29 is 4.74 Å². The van der Waals surface area contributed by atoms with Gasteiger partial charge in [0.1, 0.15) is 5.75 Å². The molecule has 1 aromatic heterocycles. The summed E-state index contributed by atoms with van der Waals surface area (Å²) in [6, 6.07) is 16.0. The summed E-state index contributed by atoms with van der Waals surface area (Å²) in [5.74, 6) is 0.901. The molecule has 0 radical (unpaired) electrons. The second-order valence-electron chi connectivity index (χ2n) is 5.74. The average Bonchev–Trinajstić information content (AvgIpc) is 2.98. The predicted octanol–water partition coefficient (Wildman–Crippen LogP) is 5.21. The van der Waals surface area contributed by atoms with E-state index in [1.807, 2.05) is 42.7 Å². The Kier molecular flexibility index (Phi) is 5.21. The summed E-state index contributed by atoms with van der Waals surface area (Å²) < 4.78 is 7.68. The molecule has 0 fully saturated rings. The van der Waals surface area contributed by atoms with Crippen molar-refractivity contribution in [3.8, 4) is 17.0 Å². The lowest BCUT2D eigenvalue weighted by atomic mass is 10.1. The minimum atomic E-state index is 0.731. The number of ether oxygens (including phenoxy) is 1. The number of hydrogen-bond acceptors (Lipinski definition) is 2. The van der Waals surface area contributed by atoms with Gasteiger partial charge in [-0.3, -0.25) is 0 Å². The van der Waals surface area contributed by atoms with Gasteiger partial charge in [0.15, 0.2) is 0 Å². The monoisotopic (exact) mass is 340 g/mol. The van der Waals surface area contributed by atoms with Crippen LogP contribution in [0.3, 0.4) is 0 Å². The third-order valence-corrected chi connectivity index (χ3v) is 4.30. The second-order valence-corrected chi connectivity index (χ2v) is 6.18. The molecule has 124 valence electrons. The van der Waals surface area contributed by atoms with Crippen molar-refractivity contribution in [2.45, 2.75) is 26.3 Å². The third-order valence-electron chi connectivity index (χ3n) is 4.06. The number of halogens is 1. The van der Waals surface area contributed by atoms with Gasteiger partial charge >= 0.3 is 0 Å². The number of methoxy groups -OCH3 is 1. The number of nitrogens with zero attached hydrogens (tertiary/aromatic N) is 2. The molecule has 0 bridgehead atoms. The van der Waals surface area contributed by atoms with Gasteiger partial charge in [0.25, 0.3) is 0 Å². The molecule has 0 atom stereocenters. The highest BCUT2D eigenvalue weighted by Crippen LogP contribution is 2.27. The normalized spacial score (nSPS) is 10.8. The van der Waals surface area contributed by atoms with Crippen LogP contribution in [-0.2, 0) is 13.0 Å². The molecule has 3 aromatic rings. The summed E-state index contributed by atoms with van der Waals surface area (Å²) in [5, 5.41) is 0.731. The largest absolute Gasteiger partial charge is 0.496 e. The molecule has 0 aliphatic heterocycles. The number of rotatable bonds is 6. The summed E-state index contributed by atoms with van der Waals surface area (Å²) in [6.07, 6.45) is 3.94. The summed E-state index contributed by atoms with van der Waals surface area (Å²) in [4.78, 5) is 4.66. The van der Waals surface area contributed by atoms with Crippen LogP contribution in [0.5, 0.6) is 5.75 Å². The van der Waals surface area contributed by atoms with Crippen molar-refractivity contribution in [1.29, 1.82) is 0 Å². The van der Waals surface area contributed by atoms with Crippen molar-refractivity contribution >= 4 is 11.6 Å². The first kappa shape index (κ1) is 16.6. The van der Waals surface area contributed by atoms with Crippen molar-refractivity contribution in [3.05, 3.63) is 71.1 Å². The van der Waals surface area contributed by atoms with Crippen molar-refractivity contribution in [2.75, 3.05) is 7.11 Å². The molecule has 4 heteroatoms. The Balaban J connectivity index is 2.00. The molecule has 2 aromatic carbocycles. The first-order chi connectivity index (χ1) is 11.7. The van der Waals surface area contributed by atoms with Crippen molar-refractivity contribution in [1.82, 2.24) is 9.55 Å². The smallest absolute Gasteiger partial charge is 0.123 e. The van der Waals surface area contributed by atoms with Gasteiger partial charge in [0.05, 0.1) is 25.7 Å². The fourth-order valence-corrected chi connectivity index (χ4v) is 3.13. The van der Waals surface area contributed by atoms with Gasteiger partial charge in [-0.1, -0.05) is 55.3 Å². The van der Waals surface area contributed by atoms with Gasteiger partial charge in [-0.05, 0) is 24.6 Å². The second kappa shape index (κ2) is 7.54.